The fourth-order valence-corrected chi connectivity index (χ4v) is 1.92. The standard InChI is InChI=1S/C16H18N2O/c1-2-3-13-18(15-7-5-4-6-8-15)16(19)14-9-11-17-12-10-14/h4-12H,2-3,13H2,1H3. The molecule has 0 spiro atoms. The molecule has 0 radical (unpaired) electrons. The molecule has 0 aliphatic heterocycles. The average molecular weight is 254 g/mol. The second kappa shape index (κ2) is 6.69. The summed E-state index contributed by atoms with van der Waals surface area (Å²) in [6.07, 6.45) is 5.35. The van der Waals surface area contributed by atoms with Crippen molar-refractivity contribution in [3.05, 3.63) is 60.4 Å². The van der Waals surface area contributed by atoms with Crippen LogP contribution in [0.15, 0.2) is 54.9 Å². The van der Waals surface area contributed by atoms with Crippen molar-refractivity contribution >= 4 is 11.6 Å². The van der Waals surface area contributed by atoms with Crippen LogP contribution in [0.3, 0.4) is 0 Å². The molecule has 0 fully saturated rings. The predicted octanol–water partition coefficient (Wildman–Crippen LogP) is 3.53. The van der Waals surface area contributed by atoms with Gasteiger partial charge in [0.15, 0.2) is 0 Å². The summed E-state index contributed by atoms with van der Waals surface area (Å²) in [5.74, 6) is 0.0297. The number of aromatic nitrogens is 1. The molecular weight excluding hydrogens is 236 g/mol. The highest BCUT2D eigenvalue weighted by Crippen LogP contribution is 2.17. The summed E-state index contributed by atoms with van der Waals surface area (Å²) in [5, 5.41) is 0. The SMILES string of the molecule is CCCCN(C(=O)c1ccncc1)c1ccccc1. The first-order chi connectivity index (χ1) is 9.33. The predicted molar refractivity (Wildman–Crippen MR) is 77.3 cm³/mol. The summed E-state index contributed by atoms with van der Waals surface area (Å²) >= 11 is 0. The molecule has 19 heavy (non-hydrogen) atoms. The summed E-state index contributed by atoms with van der Waals surface area (Å²) in [4.78, 5) is 18.3. The minimum atomic E-state index is 0.0297. The van der Waals surface area contributed by atoms with Gasteiger partial charge in [-0.15, -0.1) is 0 Å². The molecule has 0 saturated carbocycles. The Morgan fingerprint density at radius 3 is 2.42 bits per heavy atom. The van der Waals surface area contributed by atoms with Gasteiger partial charge in [0.1, 0.15) is 0 Å². The Balaban J connectivity index is 2.25. The maximum absolute atomic E-state index is 12.5. The number of hydrogen-bond acceptors (Lipinski definition) is 2. The molecule has 2 aromatic rings. The van der Waals surface area contributed by atoms with Crippen LogP contribution in [0.25, 0.3) is 0 Å². The van der Waals surface area contributed by atoms with E-state index in [0.29, 0.717) is 5.56 Å². The molecular formula is C16H18N2O. The van der Waals surface area contributed by atoms with Crippen LogP contribution in [0.4, 0.5) is 5.69 Å². The second-order valence-electron chi connectivity index (χ2n) is 4.38. The van der Waals surface area contributed by atoms with Crippen LogP contribution in [-0.2, 0) is 0 Å². The van der Waals surface area contributed by atoms with E-state index in [1.165, 1.54) is 0 Å². The summed E-state index contributed by atoms with van der Waals surface area (Å²) in [6.45, 7) is 2.86. The molecule has 0 bridgehead atoms. The smallest absolute Gasteiger partial charge is 0.258 e. The number of para-hydroxylation sites is 1. The van der Waals surface area contributed by atoms with Crippen molar-refractivity contribution in [1.29, 1.82) is 0 Å². The van der Waals surface area contributed by atoms with Gasteiger partial charge in [-0.05, 0) is 30.7 Å². The van der Waals surface area contributed by atoms with Crippen LogP contribution in [0, 0.1) is 0 Å². The van der Waals surface area contributed by atoms with Gasteiger partial charge in [-0.25, -0.2) is 0 Å². The van der Waals surface area contributed by atoms with Crippen molar-refractivity contribution in [2.75, 3.05) is 11.4 Å². The first-order valence-electron chi connectivity index (χ1n) is 6.60. The summed E-state index contributed by atoms with van der Waals surface area (Å²) < 4.78 is 0. The van der Waals surface area contributed by atoms with Crippen LogP contribution in [0.1, 0.15) is 30.1 Å². The third-order valence-corrected chi connectivity index (χ3v) is 2.98. The highest BCUT2D eigenvalue weighted by atomic mass is 16.2. The van der Waals surface area contributed by atoms with E-state index in [4.69, 9.17) is 0 Å². The van der Waals surface area contributed by atoms with Gasteiger partial charge >= 0.3 is 0 Å². The van der Waals surface area contributed by atoms with Gasteiger partial charge in [-0.2, -0.15) is 0 Å². The summed E-state index contributed by atoms with van der Waals surface area (Å²) in [6, 6.07) is 13.3. The lowest BCUT2D eigenvalue weighted by Gasteiger charge is -2.22. The van der Waals surface area contributed by atoms with Crippen molar-refractivity contribution in [2.24, 2.45) is 0 Å². The van der Waals surface area contributed by atoms with Crippen LogP contribution in [0.5, 0.6) is 0 Å². The zero-order valence-corrected chi connectivity index (χ0v) is 11.1. The van der Waals surface area contributed by atoms with Crippen LogP contribution in [-0.4, -0.2) is 17.4 Å². The van der Waals surface area contributed by atoms with Crippen molar-refractivity contribution in [3.63, 3.8) is 0 Å². The maximum Gasteiger partial charge on any atom is 0.258 e. The average Bonchev–Trinajstić information content (AvgIpc) is 2.49. The second-order valence-corrected chi connectivity index (χ2v) is 4.38. The number of hydrogen-bond donors (Lipinski definition) is 0. The number of benzene rings is 1. The van der Waals surface area contributed by atoms with Gasteiger partial charge in [0.05, 0.1) is 0 Å². The van der Waals surface area contributed by atoms with E-state index in [1.54, 1.807) is 24.5 Å². The van der Waals surface area contributed by atoms with E-state index in [2.05, 4.69) is 11.9 Å². The fourth-order valence-electron chi connectivity index (χ4n) is 1.92. The largest absolute Gasteiger partial charge is 0.308 e. The summed E-state index contributed by atoms with van der Waals surface area (Å²) in [5.41, 5.74) is 1.62. The van der Waals surface area contributed by atoms with E-state index in [0.717, 1.165) is 25.1 Å². The zero-order valence-electron chi connectivity index (χ0n) is 11.1. The maximum atomic E-state index is 12.5. The minimum Gasteiger partial charge on any atom is -0.308 e. The Morgan fingerprint density at radius 1 is 1.11 bits per heavy atom. The fraction of sp³-hybridized carbons (Fsp3) is 0.250. The van der Waals surface area contributed by atoms with Gasteiger partial charge in [0.2, 0.25) is 0 Å². The normalized spacial score (nSPS) is 10.2. The van der Waals surface area contributed by atoms with E-state index in [-0.39, 0.29) is 5.91 Å². The number of anilines is 1. The molecule has 3 nitrogen and oxygen atoms in total. The number of unbranched alkanes of at least 4 members (excludes halogenated alkanes) is 1. The first-order valence-corrected chi connectivity index (χ1v) is 6.60. The van der Waals surface area contributed by atoms with Gasteiger partial charge in [0.25, 0.3) is 5.91 Å². The highest BCUT2D eigenvalue weighted by molar-refractivity contribution is 6.05. The van der Waals surface area contributed by atoms with E-state index in [1.807, 2.05) is 35.2 Å². The quantitative estimate of drug-likeness (QED) is 0.817. The van der Waals surface area contributed by atoms with E-state index in [9.17, 15) is 4.79 Å². The summed E-state index contributed by atoms with van der Waals surface area (Å²) in [7, 11) is 0. The number of rotatable bonds is 5. The molecule has 3 heteroatoms. The first kappa shape index (κ1) is 13.3. The van der Waals surface area contributed by atoms with Crippen molar-refractivity contribution in [1.82, 2.24) is 4.98 Å². The molecule has 0 N–H and O–H groups in total. The number of carbonyl (C=O) groups excluding carboxylic acids is 1. The number of carbonyl (C=O) groups is 1. The Labute approximate surface area is 113 Å². The monoisotopic (exact) mass is 254 g/mol. The van der Waals surface area contributed by atoms with Crippen molar-refractivity contribution in [3.8, 4) is 0 Å². The Bertz CT molecular complexity index is 511. The third kappa shape index (κ3) is 3.41. The zero-order chi connectivity index (χ0) is 13.5. The lowest BCUT2D eigenvalue weighted by Crippen LogP contribution is -2.31. The molecule has 1 heterocycles. The molecule has 2 rings (SSSR count). The molecule has 0 aliphatic rings. The van der Waals surface area contributed by atoms with Crippen LogP contribution in [0.2, 0.25) is 0 Å². The molecule has 0 atom stereocenters. The van der Waals surface area contributed by atoms with Gasteiger partial charge < -0.3 is 4.90 Å². The van der Waals surface area contributed by atoms with Gasteiger partial charge in [0, 0.05) is 30.2 Å². The highest BCUT2D eigenvalue weighted by Gasteiger charge is 2.16. The molecule has 0 saturated heterocycles. The van der Waals surface area contributed by atoms with Gasteiger partial charge in [-0.1, -0.05) is 31.5 Å². The van der Waals surface area contributed by atoms with Crippen LogP contribution >= 0.6 is 0 Å². The molecule has 1 aromatic heterocycles. The Kier molecular flexibility index (Phi) is 4.67. The van der Waals surface area contributed by atoms with Crippen molar-refractivity contribution in [2.45, 2.75) is 19.8 Å². The minimum absolute atomic E-state index is 0.0297. The Morgan fingerprint density at radius 2 is 1.79 bits per heavy atom. The van der Waals surface area contributed by atoms with E-state index >= 15 is 0 Å². The lowest BCUT2D eigenvalue weighted by molar-refractivity contribution is 0.0986. The molecule has 0 aliphatic carbocycles. The lowest BCUT2D eigenvalue weighted by atomic mass is 10.2. The number of amides is 1. The molecule has 0 unspecified atom stereocenters. The topological polar surface area (TPSA) is 33.2 Å². The molecule has 1 amide bonds. The van der Waals surface area contributed by atoms with Gasteiger partial charge in [-0.3, -0.25) is 9.78 Å². The molecule has 1 aromatic carbocycles. The van der Waals surface area contributed by atoms with E-state index < -0.39 is 0 Å². The molecule has 98 valence electrons. The van der Waals surface area contributed by atoms with Crippen molar-refractivity contribution < 1.29 is 4.79 Å². The van der Waals surface area contributed by atoms with Crippen LogP contribution < -0.4 is 4.90 Å². The number of pyridine rings is 1. The third-order valence-electron chi connectivity index (χ3n) is 2.98. The Hall–Kier alpha value is -2.16. The number of nitrogens with zero attached hydrogens (tertiary/aromatic N) is 2.